The molecule has 154 valence electrons. The minimum atomic E-state index is -5.50. The Labute approximate surface area is 316 Å². The third-order valence-corrected chi connectivity index (χ3v) is 6.83. The number of ether oxygens (including phenoxy) is 1. The largest absolute Gasteiger partial charge is 1.00 e. The first-order chi connectivity index (χ1) is 13.5. The van der Waals surface area contributed by atoms with Crippen LogP contribution < -0.4 is 173 Å². The number of aromatic nitrogens is 2. The molecule has 0 fully saturated rings. The van der Waals surface area contributed by atoms with Gasteiger partial charge in [-0.15, -0.1) is 0 Å². The van der Waals surface area contributed by atoms with Crippen molar-refractivity contribution in [2.24, 2.45) is 0 Å². The molecule has 0 saturated carbocycles. The Kier molecular flexibility index (Phi) is 15.7. The van der Waals surface area contributed by atoms with Gasteiger partial charge in [-0.3, -0.25) is 4.57 Å². The molecular weight excluding hydrogens is 565 g/mol. The third-order valence-electron chi connectivity index (χ3n) is 3.81. The van der Waals surface area contributed by atoms with E-state index in [2.05, 4.69) is 4.98 Å². The second kappa shape index (κ2) is 14.5. The van der Waals surface area contributed by atoms with Gasteiger partial charge in [-0.05, 0) is 42.5 Å². The first kappa shape index (κ1) is 34.6. The number of hydrogen-bond donors (Lipinski definition) is 1. The number of halogens is 2. The molecule has 0 unspecified atom stereocenters. The number of hydrogen-bond acceptors (Lipinski definition) is 7. The van der Waals surface area contributed by atoms with E-state index in [1.165, 1.54) is 42.3 Å². The quantitative estimate of drug-likeness (QED) is 0.227. The van der Waals surface area contributed by atoms with E-state index in [1.807, 2.05) is 0 Å². The average molecular weight is 577 g/mol. The SMILES string of the molecule is COc1ccc(-c2c(Cl)ncn2-c2ccc(S(=O)(=O)NP(=O)([O-])[O-])cc2)cc1F.[K+].[K+].[K+]. The number of nitrogens with one attached hydrogen (secondary N) is 1. The molecule has 32 heavy (non-hydrogen) atoms. The van der Waals surface area contributed by atoms with Gasteiger partial charge >= 0.3 is 154 Å². The van der Waals surface area contributed by atoms with Crippen LogP contribution in [0.4, 0.5) is 4.39 Å². The summed E-state index contributed by atoms with van der Waals surface area (Å²) in [6.07, 6.45) is 1.35. The Bertz CT molecular complexity index is 1220. The molecule has 0 atom stereocenters. The summed E-state index contributed by atoms with van der Waals surface area (Å²) in [6.45, 7) is 0. The van der Waals surface area contributed by atoms with Gasteiger partial charge in [0.05, 0.1) is 17.7 Å². The molecule has 0 aliphatic heterocycles. The van der Waals surface area contributed by atoms with Crippen molar-refractivity contribution < 1.29 is 186 Å². The van der Waals surface area contributed by atoms with Crippen molar-refractivity contribution in [1.82, 2.24) is 14.0 Å². The van der Waals surface area contributed by atoms with Gasteiger partial charge in [-0.2, -0.15) is 4.49 Å². The number of benzene rings is 2. The number of sulfonamides is 1. The van der Waals surface area contributed by atoms with Gasteiger partial charge in [0.2, 0.25) is 10.0 Å². The van der Waals surface area contributed by atoms with Crippen molar-refractivity contribution in [2.75, 3.05) is 7.11 Å². The summed E-state index contributed by atoms with van der Waals surface area (Å²) in [4.78, 5) is 25.0. The second-order valence-corrected chi connectivity index (χ2v) is 9.25. The van der Waals surface area contributed by atoms with E-state index in [4.69, 9.17) is 16.3 Å². The standard InChI is InChI=1S/C16H14ClFN3O6PS.3K/c1-27-14-7-2-10(8-13(14)18)15-16(17)19-9-21(15)11-3-5-12(6-4-11)29(25,26)20-28(22,23)24;;;/h2-9H,1H3,(H3,20,22,23,24);;;/q;3*+1/p-2. The molecule has 3 aromatic rings. The fourth-order valence-corrected chi connectivity index (χ4v) is 4.92. The van der Waals surface area contributed by atoms with E-state index in [1.54, 1.807) is 6.07 Å². The Morgan fingerprint density at radius 2 is 1.72 bits per heavy atom. The van der Waals surface area contributed by atoms with E-state index < -0.39 is 28.5 Å². The summed E-state index contributed by atoms with van der Waals surface area (Å²) in [6, 6.07) is 9.08. The fraction of sp³-hybridized carbons (Fsp3) is 0.0625. The zero-order valence-corrected chi connectivity index (χ0v) is 29.4. The maximum atomic E-state index is 14.1. The zero-order chi connectivity index (χ0) is 21.4. The molecule has 0 aliphatic carbocycles. The Morgan fingerprint density at radius 3 is 2.22 bits per heavy atom. The van der Waals surface area contributed by atoms with Crippen LogP contribution in [0.1, 0.15) is 0 Å². The van der Waals surface area contributed by atoms with Crippen molar-refractivity contribution >= 4 is 29.4 Å². The molecule has 0 amide bonds. The van der Waals surface area contributed by atoms with Crippen LogP contribution >= 0.6 is 19.3 Å². The summed E-state index contributed by atoms with van der Waals surface area (Å²) in [7, 11) is -8.70. The summed E-state index contributed by atoms with van der Waals surface area (Å²) in [5.41, 5.74) is 1.13. The van der Waals surface area contributed by atoms with Crippen molar-refractivity contribution in [1.29, 1.82) is 0 Å². The third kappa shape index (κ3) is 8.89. The van der Waals surface area contributed by atoms with Gasteiger partial charge in [-0.1, -0.05) is 11.6 Å². The predicted octanol–water partition coefficient (Wildman–Crippen LogP) is -7.54. The van der Waals surface area contributed by atoms with Crippen molar-refractivity contribution in [3.63, 3.8) is 0 Å². The molecule has 0 radical (unpaired) electrons. The maximum absolute atomic E-state index is 14.1. The smallest absolute Gasteiger partial charge is 0.799 e. The number of imidazole rings is 1. The number of methoxy groups -OCH3 is 1. The van der Waals surface area contributed by atoms with Gasteiger partial charge in [0, 0.05) is 19.0 Å². The topological polar surface area (TPSA) is 136 Å². The van der Waals surface area contributed by atoms with Crippen LogP contribution in [0.3, 0.4) is 0 Å². The van der Waals surface area contributed by atoms with Crippen LogP contribution in [0.2, 0.25) is 5.15 Å². The van der Waals surface area contributed by atoms with Crippen LogP contribution in [0.5, 0.6) is 5.75 Å². The number of rotatable bonds is 6. The van der Waals surface area contributed by atoms with Crippen molar-refractivity contribution in [3.05, 3.63) is 59.8 Å². The minimum Gasteiger partial charge on any atom is -0.799 e. The summed E-state index contributed by atoms with van der Waals surface area (Å²) in [5, 5.41) is 0.0755. The van der Waals surface area contributed by atoms with E-state index >= 15 is 0 Å². The van der Waals surface area contributed by atoms with Gasteiger partial charge in [0.15, 0.2) is 16.7 Å². The molecule has 0 spiro atoms. The van der Waals surface area contributed by atoms with Gasteiger partial charge in [-0.25, -0.2) is 17.8 Å². The molecule has 0 bridgehead atoms. The maximum Gasteiger partial charge on any atom is 1.00 e. The van der Waals surface area contributed by atoms with Crippen molar-refractivity contribution in [2.45, 2.75) is 4.90 Å². The van der Waals surface area contributed by atoms with E-state index in [0.717, 1.165) is 16.6 Å². The van der Waals surface area contributed by atoms with Crippen LogP contribution in [0.25, 0.3) is 16.9 Å². The van der Waals surface area contributed by atoms with Gasteiger partial charge in [0.1, 0.15) is 6.33 Å². The van der Waals surface area contributed by atoms with Gasteiger partial charge < -0.3 is 19.1 Å². The summed E-state index contributed by atoms with van der Waals surface area (Å²) < 4.78 is 56.0. The molecule has 1 heterocycles. The van der Waals surface area contributed by atoms with E-state index in [9.17, 15) is 27.2 Å². The van der Waals surface area contributed by atoms with Crippen LogP contribution in [-0.4, -0.2) is 25.1 Å². The monoisotopic (exact) mass is 576 g/mol. The summed E-state index contributed by atoms with van der Waals surface area (Å²) >= 11 is 6.14. The molecule has 0 saturated heterocycles. The summed E-state index contributed by atoms with van der Waals surface area (Å²) in [5.74, 6) is -0.562. The molecule has 1 N–H and O–H groups in total. The molecule has 16 heteroatoms. The van der Waals surface area contributed by atoms with Gasteiger partial charge in [0.25, 0.3) is 0 Å². The first-order valence-electron chi connectivity index (χ1n) is 7.75. The van der Waals surface area contributed by atoms with Crippen LogP contribution in [0.15, 0.2) is 53.7 Å². The Balaban J connectivity index is 0.00000320. The first-order valence-corrected chi connectivity index (χ1v) is 11.2. The molecule has 9 nitrogen and oxygen atoms in total. The Morgan fingerprint density at radius 1 is 1.12 bits per heavy atom. The molecule has 0 aliphatic rings. The minimum absolute atomic E-state index is 0. The zero-order valence-electron chi connectivity index (χ0n) is 17.6. The van der Waals surface area contributed by atoms with E-state index in [-0.39, 0.29) is 165 Å². The van der Waals surface area contributed by atoms with Crippen LogP contribution in [-0.2, 0) is 14.6 Å². The fourth-order valence-electron chi connectivity index (χ4n) is 2.58. The molecule has 1 aromatic heterocycles. The molecular formula is C16H12ClFK3N3O6PS+. The van der Waals surface area contributed by atoms with Crippen molar-refractivity contribution in [3.8, 4) is 22.7 Å². The molecule has 3 rings (SSSR count). The normalized spacial score (nSPS) is 11.0. The second-order valence-electron chi connectivity index (χ2n) is 5.69. The predicted molar refractivity (Wildman–Crippen MR) is 98.4 cm³/mol. The van der Waals surface area contributed by atoms with E-state index in [0.29, 0.717) is 16.9 Å². The van der Waals surface area contributed by atoms with Crippen LogP contribution in [0, 0.1) is 5.82 Å². The number of nitrogens with zero attached hydrogens (tertiary/aromatic N) is 2. The Hall–Kier alpha value is 2.64. The average Bonchev–Trinajstić information content (AvgIpc) is 3.01. The molecule has 2 aromatic carbocycles.